The minimum absolute atomic E-state index is 0. The van der Waals surface area contributed by atoms with Crippen molar-refractivity contribution in [2.45, 2.75) is 6.92 Å². The van der Waals surface area contributed by atoms with Crippen LogP contribution < -0.4 is 0 Å². The summed E-state index contributed by atoms with van der Waals surface area (Å²) >= 11 is 0. The van der Waals surface area contributed by atoms with Crippen molar-refractivity contribution in [2.75, 3.05) is 0 Å². The molecule has 0 aliphatic carbocycles. The van der Waals surface area contributed by atoms with E-state index in [2.05, 4.69) is 0 Å². The Labute approximate surface area is 76.0 Å². The van der Waals surface area contributed by atoms with E-state index in [9.17, 15) is 4.79 Å². The quantitative estimate of drug-likeness (QED) is 0.524. The molecule has 56 valence electrons. The molecule has 0 heterocycles. The van der Waals surface area contributed by atoms with Crippen molar-refractivity contribution in [2.24, 2.45) is 0 Å². The molecule has 0 unspecified atom stereocenters. The zero-order chi connectivity index (χ0) is 6.69. The topological polar surface area (TPSA) is 17.1 Å². The van der Waals surface area contributed by atoms with Crippen LogP contribution in [0.5, 0.6) is 0 Å². The van der Waals surface area contributed by atoms with Crippen molar-refractivity contribution < 1.29 is 27.2 Å². The molecule has 0 fully saturated rings. The molecule has 0 saturated heterocycles. The number of benzene rings is 1. The van der Waals surface area contributed by atoms with Crippen LogP contribution in [0.3, 0.4) is 0 Å². The third-order valence-corrected chi connectivity index (χ3v) is 1.26. The summed E-state index contributed by atoms with van der Waals surface area (Å²) in [7, 11) is 0. The van der Waals surface area contributed by atoms with Crippen LogP contribution in [0.1, 0.15) is 11.1 Å². The molecule has 1 nitrogen and oxygen atoms in total. The second-order valence-electron chi connectivity index (χ2n) is 1.92. The molecular formula is C8H7AgO. The van der Waals surface area contributed by atoms with Crippen molar-refractivity contribution in [1.29, 1.82) is 0 Å². The maximum Gasteiger partial charge on any atom is 1.00 e. The molecule has 10 heavy (non-hydrogen) atoms. The summed E-state index contributed by atoms with van der Waals surface area (Å²) < 4.78 is 0. The second-order valence-corrected chi connectivity index (χ2v) is 1.92. The third kappa shape index (κ3) is 2.10. The standard InChI is InChI=1S/C8H7O.Ag/c1-7-4-2-3-5-8(7)6-9;/h2-5H,1H3;/q-1;+1. The maximum atomic E-state index is 10.1. The molecule has 0 aromatic heterocycles. The zero-order valence-corrected chi connectivity index (χ0v) is 7.00. The molecule has 1 rings (SSSR count). The van der Waals surface area contributed by atoms with Crippen molar-refractivity contribution in [3.63, 3.8) is 0 Å². The molecule has 0 bridgehead atoms. The first-order valence-corrected chi connectivity index (χ1v) is 2.78. The third-order valence-electron chi connectivity index (χ3n) is 1.26. The zero-order valence-electron chi connectivity index (χ0n) is 5.52. The number of hydrogen-bond donors (Lipinski definition) is 0. The van der Waals surface area contributed by atoms with Gasteiger partial charge in [0.15, 0.2) is 0 Å². The van der Waals surface area contributed by atoms with Crippen molar-refractivity contribution >= 4 is 6.29 Å². The van der Waals surface area contributed by atoms with Gasteiger partial charge in [0.2, 0.25) is 0 Å². The van der Waals surface area contributed by atoms with Gasteiger partial charge in [-0.25, -0.2) is 0 Å². The molecule has 0 radical (unpaired) electrons. The van der Waals surface area contributed by atoms with E-state index in [1.807, 2.05) is 31.4 Å². The number of aryl methyl sites for hydroxylation is 1. The van der Waals surface area contributed by atoms with Crippen molar-refractivity contribution in [3.8, 4) is 0 Å². The van der Waals surface area contributed by atoms with Gasteiger partial charge in [-0.1, -0.05) is 13.0 Å². The van der Waals surface area contributed by atoms with Crippen LogP contribution in [0.25, 0.3) is 0 Å². The van der Waals surface area contributed by atoms with Gasteiger partial charge in [0.25, 0.3) is 0 Å². The fourth-order valence-electron chi connectivity index (χ4n) is 0.687. The van der Waals surface area contributed by atoms with E-state index in [-0.39, 0.29) is 22.4 Å². The molecule has 0 aliphatic heterocycles. The summed E-state index contributed by atoms with van der Waals surface area (Å²) in [6.45, 7) is 1.89. The first-order chi connectivity index (χ1) is 4.34. The Hall–Kier alpha value is -0.370. The van der Waals surface area contributed by atoms with E-state index in [0.717, 1.165) is 5.56 Å². The van der Waals surface area contributed by atoms with Gasteiger partial charge in [-0.05, 0) is 0 Å². The monoisotopic (exact) mass is 226 g/mol. The minimum atomic E-state index is 0. The Morgan fingerprint density at radius 3 is 2.30 bits per heavy atom. The van der Waals surface area contributed by atoms with Gasteiger partial charge in [0.05, 0.1) is 6.29 Å². The molecule has 0 N–H and O–H groups in total. The van der Waals surface area contributed by atoms with Gasteiger partial charge in [0.1, 0.15) is 0 Å². The fraction of sp³-hybridized carbons (Fsp3) is 0.125. The maximum absolute atomic E-state index is 10.1. The normalized spacial score (nSPS) is 8.10. The van der Waals surface area contributed by atoms with Crippen LogP contribution in [-0.4, -0.2) is 6.29 Å². The molecule has 0 saturated carbocycles. The van der Waals surface area contributed by atoms with Crippen molar-refractivity contribution in [1.82, 2.24) is 0 Å². The Bertz CT molecular complexity index is 220. The molecule has 0 aliphatic rings. The van der Waals surface area contributed by atoms with Gasteiger partial charge in [-0.15, -0.1) is 23.3 Å². The van der Waals surface area contributed by atoms with Gasteiger partial charge in [-0.2, -0.15) is 6.07 Å². The smallest absolute Gasteiger partial charge is 0.376 e. The van der Waals surface area contributed by atoms with E-state index in [1.54, 1.807) is 6.07 Å². The Kier molecular flexibility index (Phi) is 4.28. The largest absolute Gasteiger partial charge is 1.00 e. The average molecular weight is 227 g/mol. The van der Waals surface area contributed by atoms with Gasteiger partial charge in [-0.3, -0.25) is 0 Å². The van der Waals surface area contributed by atoms with Gasteiger partial charge in [0, 0.05) is 0 Å². The van der Waals surface area contributed by atoms with E-state index < -0.39 is 0 Å². The molecule has 0 amide bonds. The second kappa shape index (κ2) is 4.45. The number of carbonyl (C=O) groups excluding carboxylic acids is 1. The van der Waals surface area contributed by atoms with Crippen LogP contribution in [0.2, 0.25) is 0 Å². The summed E-state index contributed by atoms with van der Waals surface area (Å²) in [4.78, 5) is 10.1. The van der Waals surface area contributed by atoms with E-state index in [4.69, 9.17) is 0 Å². The predicted octanol–water partition coefficient (Wildman–Crippen LogP) is 1.45. The van der Waals surface area contributed by atoms with E-state index >= 15 is 0 Å². The predicted molar refractivity (Wildman–Crippen MR) is 36.0 cm³/mol. The fourth-order valence-corrected chi connectivity index (χ4v) is 0.687. The summed E-state index contributed by atoms with van der Waals surface area (Å²) in [6.07, 6.45) is 1.85. The molecule has 1 aromatic carbocycles. The van der Waals surface area contributed by atoms with Crippen LogP contribution in [0.15, 0.2) is 24.3 Å². The average Bonchev–Trinajstić information content (AvgIpc) is 1.89. The minimum Gasteiger partial charge on any atom is -0.376 e. The first kappa shape index (κ1) is 9.63. The molecule has 0 spiro atoms. The van der Waals surface area contributed by atoms with Crippen LogP contribution in [0, 0.1) is 6.92 Å². The SMILES string of the molecule is Cc1ccccc1[C-]=O.[Ag+]. The van der Waals surface area contributed by atoms with Crippen molar-refractivity contribution in [3.05, 3.63) is 35.4 Å². The molecule has 0 atom stereocenters. The molecular weight excluding hydrogens is 220 g/mol. The summed E-state index contributed by atoms with van der Waals surface area (Å²) in [5.41, 5.74) is 1.63. The number of rotatable bonds is 1. The number of hydrogen-bond acceptors (Lipinski definition) is 1. The Morgan fingerprint density at radius 1 is 1.30 bits per heavy atom. The van der Waals surface area contributed by atoms with Crippen LogP contribution in [-0.2, 0) is 27.2 Å². The Balaban J connectivity index is 0.000000810. The summed E-state index contributed by atoms with van der Waals surface area (Å²) in [5, 5.41) is 0. The molecule has 2 heteroatoms. The van der Waals surface area contributed by atoms with Crippen LogP contribution >= 0.6 is 0 Å². The Morgan fingerprint density at radius 2 is 1.90 bits per heavy atom. The van der Waals surface area contributed by atoms with Gasteiger partial charge < -0.3 is 4.79 Å². The molecule has 1 aromatic rings. The summed E-state index contributed by atoms with van der Waals surface area (Å²) in [6, 6.07) is 7.37. The van der Waals surface area contributed by atoms with E-state index in [1.165, 1.54) is 0 Å². The first-order valence-electron chi connectivity index (χ1n) is 2.78. The van der Waals surface area contributed by atoms with Gasteiger partial charge >= 0.3 is 22.4 Å². The van der Waals surface area contributed by atoms with Crippen LogP contribution in [0.4, 0.5) is 0 Å². The summed E-state index contributed by atoms with van der Waals surface area (Å²) in [5.74, 6) is 0. The van der Waals surface area contributed by atoms with E-state index in [0.29, 0.717) is 5.56 Å².